The van der Waals surface area contributed by atoms with E-state index in [1.165, 1.54) is 12.8 Å². The molecule has 2 bridgehead atoms. The van der Waals surface area contributed by atoms with Crippen LogP contribution in [0.1, 0.15) is 57.3 Å². The molecule has 2 aromatic heterocycles. The van der Waals surface area contributed by atoms with E-state index in [0.29, 0.717) is 23.6 Å². The summed E-state index contributed by atoms with van der Waals surface area (Å²) in [5, 5.41) is 4.70. The van der Waals surface area contributed by atoms with Gasteiger partial charge in [-0.25, -0.2) is 9.78 Å². The lowest BCUT2D eigenvalue weighted by Crippen LogP contribution is -2.40. The Balaban J connectivity index is 1.75. The van der Waals surface area contributed by atoms with E-state index in [2.05, 4.69) is 36.1 Å². The Labute approximate surface area is 148 Å². The summed E-state index contributed by atoms with van der Waals surface area (Å²) in [6.07, 6.45) is 7.19. The van der Waals surface area contributed by atoms with Gasteiger partial charge in [0.05, 0.1) is 12.3 Å². The molecule has 2 aromatic rings. The minimum absolute atomic E-state index is 0.232. The minimum Gasteiger partial charge on any atom is -0.462 e. The number of esters is 1. The number of aromatic amines is 1. The van der Waals surface area contributed by atoms with Gasteiger partial charge in [-0.1, -0.05) is 20.8 Å². The Hall–Kier alpha value is -2.04. The quantitative estimate of drug-likeness (QED) is 0.811. The normalized spacial score (nSPS) is 29.9. The Morgan fingerprint density at radius 3 is 2.88 bits per heavy atom. The number of nitrogens with one attached hydrogen (secondary N) is 2. The van der Waals surface area contributed by atoms with Gasteiger partial charge >= 0.3 is 5.97 Å². The van der Waals surface area contributed by atoms with Gasteiger partial charge in [0, 0.05) is 23.8 Å². The summed E-state index contributed by atoms with van der Waals surface area (Å²) in [4.78, 5) is 20.0. The number of aromatic nitrogens is 2. The van der Waals surface area contributed by atoms with Gasteiger partial charge in [-0.05, 0) is 49.0 Å². The van der Waals surface area contributed by atoms with Gasteiger partial charge < -0.3 is 15.0 Å². The number of carbonyl (C=O) groups is 1. The van der Waals surface area contributed by atoms with E-state index >= 15 is 0 Å². The van der Waals surface area contributed by atoms with Crippen LogP contribution in [0.4, 0.5) is 5.69 Å². The average Bonchev–Trinajstić information content (AvgIpc) is 3.18. The number of fused-ring (bicyclic) bond motifs is 3. The van der Waals surface area contributed by atoms with Gasteiger partial charge in [0.25, 0.3) is 0 Å². The molecule has 5 nitrogen and oxygen atoms in total. The zero-order chi connectivity index (χ0) is 17.8. The molecule has 0 spiro atoms. The summed E-state index contributed by atoms with van der Waals surface area (Å²) in [6, 6.07) is 2.34. The maximum absolute atomic E-state index is 12.5. The first-order valence-corrected chi connectivity index (χ1v) is 9.28. The molecule has 0 radical (unpaired) electrons. The fourth-order valence-electron chi connectivity index (χ4n) is 5.12. The van der Waals surface area contributed by atoms with E-state index in [0.717, 1.165) is 29.1 Å². The Morgan fingerprint density at radius 1 is 1.44 bits per heavy atom. The lowest BCUT2D eigenvalue weighted by Gasteiger charge is -2.40. The first-order valence-electron chi connectivity index (χ1n) is 9.28. The van der Waals surface area contributed by atoms with E-state index in [1.807, 2.05) is 19.2 Å². The molecule has 0 saturated heterocycles. The smallest absolute Gasteiger partial charge is 0.341 e. The highest BCUT2D eigenvalue weighted by Gasteiger charge is 2.61. The highest BCUT2D eigenvalue weighted by molar-refractivity contribution is 6.04. The third-order valence-electron chi connectivity index (χ3n) is 7.19. The van der Waals surface area contributed by atoms with E-state index < -0.39 is 0 Å². The third kappa shape index (κ3) is 2.21. The Kier molecular flexibility index (Phi) is 3.60. The second kappa shape index (κ2) is 5.48. The summed E-state index contributed by atoms with van der Waals surface area (Å²) in [6.45, 7) is 9.39. The van der Waals surface area contributed by atoms with Crippen LogP contribution in [0.15, 0.2) is 18.5 Å². The Bertz CT molecular complexity index is 825. The molecule has 0 unspecified atom stereocenters. The molecule has 0 amide bonds. The van der Waals surface area contributed by atoms with E-state index in [-0.39, 0.29) is 11.4 Å². The molecule has 134 valence electrons. The van der Waals surface area contributed by atoms with Gasteiger partial charge in [-0.15, -0.1) is 0 Å². The van der Waals surface area contributed by atoms with Crippen molar-refractivity contribution >= 4 is 22.7 Å². The number of carbonyl (C=O) groups excluding carboxylic acids is 1. The number of ether oxygens (including phenoxy) is 1. The van der Waals surface area contributed by atoms with Crippen molar-refractivity contribution in [2.75, 3.05) is 11.9 Å². The van der Waals surface area contributed by atoms with Crippen LogP contribution in [0.5, 0.6) is 0 Å². The lowest BCUT2D eigenvalue weighted by atomic mass is 9.69. The number of H-pyrrole nitrogens is 1. The van der Waals surface area contributed by atoms with Crippen LogP contribution >= 0.6 is 0 Å². The maximum Gasteiger partial charge on any atom is 0.341 e. The van der Waals surface area contributed by atoms with Crippen molar-refractivity contribution in [2.45, 2.75) is 53.0 Å². The van der Waals surface area contributed by atoms with Crippen LogP contribution in [0, 0.1) is 16.7 Å². The molecular weight excluding hydrogens is 314 g/mol. The van der Waals surface area contributed by atoms with Crippen LogP contribution in [0.3, 0.4) is 0 Å². The van der Waals surface area contributed by atoms with Crippen molar-refractivity contribution in [1.82, 2.24) is 9.97 Å². The molecule has 2 saturated carbocycles. The van der Waals surface area contributed by atoms with Gasteiger partial charge in [-0.2, -0.15) is 0 Å². The topological polar surface area (TPSA) is 67.0 Å². The zero-order valence-corrected chi connectivity index (χ0v) is 15.5. The molecule has 2 aliphatic carbocycles. The number of anilines is 1. The SMILES string of the molecule is CCOC(=O)c1cnc2[nH]ccc2c1N[C@H]1C[C@@H]2CC[C@]1(C)C2(C)C. The van der Waals surface area contributed by atoms with E-state index in [4.69, 9.17) is 4.74 Å². The predicted octanol–water partition coefficient (Wildman–Crippen LogP) is 4.37. The number of rotatable bonds is 4. The van der Waals surface area contributed by atoms with Crippen molar-refractivity contribution in [3.63, 3.8) is 0 Å². The number of hydrogen-bond acceptors (Lipinski definition) is 4. The Morgan fingerprint density at radius 2 is 2.24 bits per heavy atom. The molecule has 2 N–H and O–H groups in total. The molecule has 0 aliphatic heterocycles. The van der Waals surface area contributed by atoms with E-state index in [1.54, 1.807) is 6.20 Å². The number of pyridine rings is 1. The molecule has 0 aromatic carbocycles. The fraction of sp³-hybridized carbons (Fsp3) is 0.600. The van der Waals surface area contributed by atoms with Crippen molar-refractivity contribution in [2.24, 2.45) is 16.7 Å². The molecular formula is C20H27N3O2. The summed E-state index contributed by atoms with van der Waals surface area (Å²) >= 11 is 0. The highest BCUT2D eigenvalue weighted by Crippen LogP contribution is 2.66. The van der Waals surface area contributed by atoms with Crippen LogP contribution in [-0.2, 0) is 4.74 Å². The second-order valence-corrected chi connectivity index (χ2v) is 8.31. The standard InChI is InChI=1S/C20H27N3O2/c1-5-25-18(24)14-11-22-17-13(7-9-21-17)16(14)23-15-10-12-6-8-20(15,4)19(12,2)3/h7,9,11-12,15H,5-6,8,10H2,1-4H3,(H2,21,22,23)/t12-,15-,20-/m0/s1. The summed E-state index contributed by atoms with van der Waals surface area (Å²) in [5.74, 6) is 0.428. The summed E-state index contributed by atoms with van der Waals surface area (Å²) < 4.78 is 5.26. The largest absolute Gasteiger partial charge is 0.462 e. The monoisotopic (exact) mass is 341 g/mol. The van der Waals surface area contributed by atoms with Gasteiger partial charge in [-0.3, -0.25) is 0 Å². The minimum atomic E-state index is -0.312. The van der Waals surface area contributed by atoms with Crippen molar-refractivity contribution < 1.29 is 9.53 Å². The maximum atomic E-state index is 12.5. The van der Waals surface area contributed by atoms with Crippen LogP contribution in [0.25, 0.3) is 11.0 Å². The summed E-state index contributed by atoms with van der Waals surface area (Å²) in [5.41, 5.74) is 2.73. The number of nitrogens with zero attached hydrogens (tertiary/aromatic N) is 1. The molecule has 4 rings (SSSR count). The number of hydrogen-bond donors (Lipinski definition) is 2. The average molecular weight is 341 g/mol. The van der Waals surface area contributed by atoms with Gasteiger partial charge in [0.1, 0.15) is 11.2 Å². The fourth-order valence-corrected chi connectivity index (χ4v) is 5.12. The molecule has 2 fully saturated rings. The molecule has 25 heavy (non-hydrogen) atoms. The van der Waals surface area contributed by atoms with Crippen molar-refractivity contribution in [3.8, 4) is 0 Å². The van der Waals surface area contributed by atoms with Crippen LogP contribution in [-0.4, -0.2) is 28.6 Å². The van der Waals surface area contributed by atoms with Gasteiger partial charge in [0.2, 0.25) is 0 Å². The highest BCUT2D eigenvalue weighted by atomic mass is 16.5. The van der Waals surface area contributed by atoms with Crippen LogP contribution in [0.2, 0.25) is 0 Å². The first-order chi connectivity index (χ1) is 11.9. The molecule has 3 atom stereocenters. The van der Waals surface area contributed by atoms with Crippen molar-refractivity contribution in [3.05, 3.63) is 24.0 Å². The summed E-state index contributed by atoms with van der Waals surface area (Å²) in [7, 11) is 0. The van der Waals surface area contributed by atoms with Crippen molar-refractivity contribution in [1.29, 1.82) is 0 Å². The van der Waals surface area contributed by atoms with Crippen LogP contribution < -0.4 is 5.32 Å². The molecule has 5 heteroatoms. The third-order valence-corrected chi connectivity index (χ3v) is 7.19. The van der Waals surface area contributed by atoms with E-state index in [9.17, 15) is 4.79 Å². The first kappa shape index (κ1) is 16.4. The molecule has 2 aliphatic rings. The van der Waals surface area contributed by atoms with Gasteiger partial charge in [0.15, 0.2) is 0 Å². The molecule has 2 heterocycles. The zero-order valence-electron chi connectivity index (χ0n) is 15.5. The lowest BCUT2D eigenvalue weighted by molar-refractivity contribution is 0.0527. The second-order valence-electron chi connectivity index (χ2n) is 8.31. The predicted molar refractivity (Wildman–Crippen MR) is 98.7 cm³/mol.